The Balaban J connectivity index is 0.00000353. The highest BCUT2D eigenvalue weighted by Gasteiger charge is 2.50. The van der Waals surface area contributed by atoms with Gasteiger partial charge in [0.25, 0.3) is 0 Å². The molecule has 39 heavy (non-hydrogen) atoms. The molecule has 2 aliphatic heterocycles. The molecule has 0 unspecified atom stereocenters. The van der Waals surface area contributed by atoms with Crippen LogP contribution in [0.1, 0.15) is 25.3 Å². The molecule has 3 amide bonds. The van der Waals surface area contributed by atoms with Crippen LogP contribution in [0, 0.1) is 5.41 Å². The van der Waals surface area contributed by atoms with Crippen LogP contribution in [-0.4, -0.2) is 98.8 Å². The molecule has 1 atom stereocenters. The van der Waals surface area contributed by atoms with Gasteiger partial charge in [-0.3, -0.25) is 19.6 Å². The second kappa shape index (κ2) is 11.2. The first-order valence-corrected chi connectivity index (χ1v) is 13.0. The lowest BCUT2D eigenvalue weighted by Crippen LogP contribution is -2.64. The molecule has 6 N–H and O–H groups in total. The molecule has 2 saturated heterocycles. The molecule has 212 valence electrons. The van der Waals surface area contributed by atoms with Crippen molar-refractivity contribution in [2.24, 2.45) is 16.9 Å². The Bertz CT molecular complexity index is 1250. The third kappa shape index (κ3) is 6.10. The molecule has 3 heterocycles. The van der Waals surface area contributed by atoms with E-state index in [-0.39, 0.29) is 24.1 Å². The van der Waals surface area contributed by atoms with Crippen LogP contribution in [0.3, 0.4) is 0 Å². The summed E-state index contributed by atoms with van der Waals surface area (Å²) in [6, 6.07) is 9.39. The number of nitrogens with zero attached hydrogens (tertiary/aromatic N) is 5. The number of nitrogens with two attached hydrogens (primary N) is 2. The van der Waals surface area contributed by atoms with Crippen LogP contribution in [0.4, 0.5) is 10.6 Å². The molecule has 1 aliphatic carbocycles. The Morgan fingerprint density at radius 3 is 2.28 bits per heavy atom. The molecule has 3 aliphatic rings. The third-order valence-corrected chi connectivity index (χ3v) is 7.84. The van der Waals surface area contributed by atoms with E-state index in [0.717, 1.165) is 32.5 Å². The summed E-state index contributed by atoms with van der Waals surface area (Å²) in [4.78, 5) is 47.3. The Labute approximate surface area is 233 Å². The molecular formula is C26H37ClN8O4. The molecule has 0 radical (unpaired) electrons. The zero-order valence-electron chi connectivity index (χ0n) is 22.1. The minimum Gasteiger partial charge on any atom is -0.394 e. The van der Waals surface area contributed by atoms with Crippen LogP contribution in [0.5, 0.6) is 0 Å². The van der Waals surface area contributed by atoms with Gasteiger partial charge in [-0.05, 0) is 48.9 Å². The summed E-state index contributed by atoms with van der Waals surface area (Å²) in [5.74, 6) is -0.199. The molecule has 0 bridgehead atoms. The molecular weight excluding hydrogens is 524 g/mol. The second-order valence-electron chi connectivity index (χ2n) is 11.2. The van der Waals surface area contributed by atoms with Crippen molar-refractivity contribution in [1.29, 1.82) is 0 Å². The number of piperazine rings is 1. The highest BCUT2D eigenvalue weighted by Crippen LogP contribution is 2.47. The molecule has 1 aromatic heterocycles. The number of aliphatic hydroxyl groups excluding tert-OH is 1. The van der Waals surface area contributed by atoms with E-state index >= 15 is 0 Å². The van der Waals surface area contributed by atoms with Crippen LogP contribution in [0.15, 0.2) is 41.3 Å². The number of halogens is 1. The van der Waals surface area contributed by atoms with Crippen molar-refractivity contribution in [2.75, 3.05) is 51.2 Å². The molecule has 1 spiro atoms. The van der Waals surface area contributed by atoms with E-state index < -0.39 is 23.9 Å². The summed E-state index contributed by atoms with van der Waals surface area (Å²) >= 11 is 0. The van der Waals surface area contributed by atoms with E-state index in [2.05, 4.69) is 15.2 Å². The number of carbonyl (C=O) groups excluding carboxylic acids is 2. The number of carbonyl (C=O) groups is 2. The summed E-state index contributed by atoms with van der Waals surface area (Å²) in [7, 11) is 0. The topological polar surface area (TPSA) is 163 Å². The molecule has 5 rings (SSSR count). The number of benzene rings is 1. The van der Waals surface area contributed by atoms with Crippen molar-refractivity contribution >= 4 is 30.2 Å². The summed E-state index contributed by atoms with van der Waals surface area (Å²) < 4.78 is 1.43. The van der Waals surface area contributed by atoms with Gasteiger partial charge in [-0.15, -0.1) is 12.4 Å². The third-order valence-electron chi connectivity index (χ3n) is 7.84. The number of anilines is 1. The first-order valence-electron chi connectivity index (χ1n) is 13.0. The maximum atomic E-state index is 12.7. The maximum absolute atomic E-state index is 12.7. The molecule has 3 fully saturated rings. The molecule has 2 aromatic rings. The lowest BCUT2D eigenvalue weighted by Gasteiger charge is -2.58. The van der Waals surface area contributed by atoms with Gasteiger partial charge < -0.3 is 26.4 Å². The predicted molar refractivity (Wildman–Crippen MR) is 149 cm³/mol. The van der Waals surface area contributed by atoms with Crippen LogP contribution in [-0.2, 0) is 11.3 Å². The molecule has 12 nitrogen and oxygen atoms in total. The monoisotopic (exact) mass is 560 g/mol. The Morgan fingerprint density at radius 2 is 1.72 bits per heavy atom. The van der Waals surface area contributed by atoms with E-state index in [1.807, 2.05) is 24.3 Å². The fourth-order valence-electron chi connectivity index (χ4n) is 5.74. The van der Waals surface area contributed by atoms with Crippen LogP contribution >= 0.6 is 12.4 Å². The molecule has 1 saturated carbocycles. The lowest BCUT2D eigenvalue weighted by atomic mass is 9.61. The molecule has 13 heteroatoms. The lowest BCUT2D eigenvalue weighted by molar-refractivity contribution is -0.139. The van der Waals surface area contributed by atoms with Gasteiger partial charge in [0.15, 0.2) is 0 Å². The van der Waals surface area contributed by atoms with E-state index in [0.29, 0.717) is 43.3 Å². The van der Waals surface area contributed by atoms with Gasteiger partial charge in [-0.1, -0.05) is 12.1 Å². The van der Waals surface area contributed by atoms with Crippen LogP contribution in [0.2, 0.25) is 0 Å². The summed E-state index contributed by atoms with van der Waals surface area (Å²) in [5, 5.41) is 12.0. The quantitative estimate of drug-likeness (QED) is 0.382. The normalized spacial score (nSPS) is 20.4. The second-order valence-corrected chi connectivity index (χ2v) is 11.2. The Kier molecular flexibility index (Phi) is 8.33. The largest absolute Gasteiger partial charge is 0.394 e. The number of hydrogen-bond acceptors (Lipinski definition) is 8. The predicted octanol–water partition coefficient (Wildman–Crippen LogP) is -0.0368. The van der Waals surface area contributed by atoms with Gasteiger partial charge in [-0.25, -0.2) is 9.59 Å². The summed E-state index contributed by atoms with van der Waals surface area (Å²) in [5.41, 5.74) is 12.3. The number of likely N-dealkylation sites (tertiary alicyclic amines) is 1. The van der Waals surface area contributed by atoms with E-state index in [4.69, 9.17) is 11.5 Å². The van der Waals surface area contributed by atoms with E-state index in [1.54, 1.807) is 17.2 Å². The van der Waals surface area contributed by atoms with Crippen molar-refractivity contribution in [3.63, 3.8) is 0 Å². The van der Waals surface area contributed by atoms with Gasteiger partial charge in [0.1, 0.15) is 11.4 Å². The number of rotatable bonds is 6. The van der Waals surface area contributed by atoms with Gasteiger partial charge in [0.05, 0.1) is 12.3 Å². The average Bonchev–Trinajstić information content (AvgIpc) is 2.87. The maximum Gasteiger partial charge on any atom is 0.354 e. The zero-order chi connectivity index (χ0) is 27.1. The SMILES string of the molecule is C[C@](N)(CO)C(=O)N1CCN(C(=O)Nc2ccn(-c3ccc(CN4CC5(CC(N)C5)C4)cc3)c(=O)n2)CC1.Cl. The smallest absolute Gasteiger partial charge is 0.354 e. The summed E-state index contributed by atoms with van der Waals surface area (Å²) in [6.07, 6.45) is 3.85. The van der Waals surface area contributed by atoms with Gasteiger partial charge >= 0.3 is 11.7 Å². The van der Waals surface area contributed by atoms with Crippen molar-refractivity contribution in [2.45, 2.75) is 37.9 Å². The van der Waals surface area contributed by atoms with Gasteiger partial charge in [-0.2, -0.15) is 4.98 Å². The number of amides is 3. The first kappa shape index (κ1) is 29.0. The Morgan fingerprint density at radius 1 is 1.10 bits per heavy atom. The highest BCUT2D eigenvalue weighted by molar-refractivity contribution is 5.89. The van der Waals surface area contributed by atoms with E-state index in [9.17, 15) is 19.5 Å². The van der Waals surface area contributed by atoms with Crippen molar-refractivity contribution in [3.8, 4) is 5.69 Å². The number of nitrogens with one attached hydrogen (secondary N) is 1. The van der Waals surface area contributed by atoms with Crippen molar-refractivity contribution < 1.29 is 14.7 Å². The fraction of sp³-hybridized carbons (Fsp3) is 0.538. The van der Waals surface area contributed by atoms with Gasteiger partial charge in [0, 0.05) is 58.1 Å². The van der Waals surface area contributed by atoms with E-state index in [1.165, 1.54) is 22.0 Å². The summed E-state index contributed by atoms with van der Waals surface area (Å²) in [6.45, 7) is 5.31. The average molecular weight is 561 g/mol. The van der Waals surface area contributed by atoms with Crippen molar-refractivity contribution in [3.05, 3.63) is 52.6 Å². The standard InChI is InChI=1S/C26H36N8O4.ClH/c1-25(28,17-35)22(36)32-8-10-33(11-9-32)23(37)29-21-6-7-34(24(38)30-21)20-4-2-18(3-5-20)14-31-15-26(16-31)12-19(27)13-26;/h2-7,19,35H,8-17,27-28H2,1H3,(H,29,30,37,38);1H/t25-;/m0./s1. The minimum absolute atomic E-state index is 0. The number of hydrogen-bond donors (Lipinski definition) is 4. The number of urea groups is 1. The van der Waals surface area contributed by atoms with Crippen molar-refractivity contribution in [1.82, 2.24) is 24.3 Å². The van der Waals surface area contributed by atoms with Gasteiger partial charge in [0.2, 0.25) is 5.91 Å². The zero-order valence-corrected chi connectivity index (χ0v) is 22.9. The first-order chi connectivity index (χ1) is 18.1. The number of aromatic nitrogens is 2. The minimum atomic E-state index is -1.35. The molecule has 1 aromatic carbocycles. The fourth-order valence-corrected chi connectivity index (χ4v) is 5.74. The highest BCUT2D eigenvalue weighted by atomic mass is 35.5. The van der Waals surface area contributed by atoms with Crippen LogP contribution < -0.4 is 22.5 Å². The van der Waals surface area contributed by atoms with Crippen LogP contribution in [0.25, 0.3) is 5.69 Å². The Hall–Kier alpha value is -3.03. The number of aliphatic hydroxyl groups is 1.